The number of amides is 3. The molecule has 1 aromatic rings. The van der Waals surface area contributed by atoms with Crippen LogP contribution in [0.2, 0.25) is 0 Å². The second-order valence-electron chi connectivity index (χ2n) is 10.2. The smallest absolute Gasteiger partial charge is 0.246 e. The molecule has 1 aliphatic carbocycles. The molecule has 2 N–H and O–H groups in total. The molecular formula is C27H40N4O3. The van der Waals surface area contributed by atoms with Crippen LogP contribution in [-0.2, 0) is 20.8 Å². The number of carbonyl (C=O) groups excluding carboxylic acids is 3. The third kappa shape index (κ3) is 5.29. The van der Waals surface area contributed by atoms with Gasteiger partial charge in [0.05, 0.1) is 6.04 Å². The lowest BCUT2D eigenvalue weighted by Crippen LogP contribution is -2.58. The molecule has 0 radical (unpaired) electrons. The van der Waals surface area contributed by atoms with Crippen LogP contribution in [0.1, 0.15) is 57.4 Å². The molecule has 0 spiro atoms. The summed E-state index contributed by atoms with van der Waals surface area (Å²) < 4.78 is 0. The Morgan fingerprint density at radius 3 is 2.50 bits per heavy atom. The summed E-state index contributed by atoms with van der Waals surface area (Å²) in [5.41, 5.74) is 1.22. The zero-order valence-electron chi connectivity index (χ0n) is 20.7. The highest BCUT2D eigenvalue weighted by molar-refractivity contribution is 5.94. The fourth-order valence-electron chi connectivity index (χ4n) is 6.10. The van der Waals surface area contributed by atoms with E-state index in [0.717, 1.165) is 45.1 Å². The van der Waals surface area contributed by atoms with Crippen molar-refractivity contribution in [3.8, 4) is 0 Å². The van der Waals surface area contributed by atoms with Gasteiger partial charge in [0.15, 0.2) is 0 Å². The number of likely N-dealkylation sites (N-methyl/N-ethyl adjacent to an activating group) is 1. The second-order valence-corrected chi connectivity index (χ2v) is 10.2. The minimum atomic E-state index is -0.542. The van der Waals surface area contributed by atoms with Crippen molar-refractivity contribution in [2.75, 3.05) is 26.7 Å². The van der Waals surface area contributed by atoms with Crippen LogP contribution in [0.5, 0.6) is 0 Å². The Kier molecular flexibility index (Phi) is 8.24. The molecule has 0 unspecified atom stereocenters. The van der Waals surface area contributed by atoms with Gasteiger partial charge in [0, 0.05) is 25.6 Å². The minimum absolute atomic E-state index is 0.0584. The predicted molar refractivity (Wildman–Crippen MR) is 132 cm³/mol. The highest BCUT2D eigenvalue weighted by Gasteiger charge is 2.51. The molecule has 7 nitrogen and oxygen atoms in total. The third-order valence-corrected chi connectivity index (χ3v) is 8.10. The van der Waals surface area contributed by atoms with Crippen LogP contribution in [0.3, 0.4) is 0 Å². The van der Waals surface area contributed by atoms with Crippen LogP contribution >= 0.6 is 0 Å². The van der Waals surface area contributed by atoms with Crippen molar-refractivity contribution >= 4 is 17.7 Å². The Morgan fingerprint density at radius 1 is 1.09 bits per heavy atom. The maximum Gasteiger partial charge on any atom is 0.246 e. The molecule has 2 heterocycles. The van der Waals surface area contributed by atoms with Crippen LogP contribution in [0.4, 0.5) is 0 Å². The molecule has 2 saturated heterocycles. The van der Waals surface area contributed by atoms with Gasteiger partial charge in [-0.2, -0.15) is 0 Å². The largest absolute Gasteiger partial charge is 0.343 e. The Morgan fingerprint density at radius 2 is 1.82 bits per heavy atom. The number of benzene rings is 1. The Bertz CT molecular complexity index is 851. The van der Waals surface area contributed by atoms with Gasteiger partial charge in [0.25, 0.3) is 0 Å². The van der Waals surface area contributed by atoms with E-state index >= 15 is 0 Å². The molecule has 34 heavy (non-hydrogen) atoms. The molecule has 4 rings (SSSR count). The average Bonchev–Trinajstić information content (AvgIpc) is 3.42. The van der Waals surface area contributed by atoms with Gasteiger partial charge in [0.1, 0.15) is 12.1 Å². The molecule has 0 bridgehead atoms. The highest BCUT2D eigenvalue weighted by atomic mass is 16.2. The normalized spacial score (nSPS) is 24.7. The van der Waals surface area contributed by atoms with Crippen molar-refractivity contribution in [2.45, 2.75) is 76.4 Å². The standard InChI is InChI=1S/C27H40N4O3/c1-3-22(28-2)25(32)29-23(20-12-8-5-9-13-20)26(33)31-17-15-21-18-30(27(34)24(21)31)16-14-19-10-6-4-7-11-19/h4,6-7,10-11,20-24,28H,3,5,8-9,12-18H2,1-2H3,(H,29,32)/t21-,22-,23-,24-/m0/s1. The van der Waals surface area contributed by atoms with Crippen molar-refractivity contribution < 1.29 is 14.4 Å². The van der Waals surface area contributed by atoms with Crippen molar-refractivity contribution in [1.29, 1.82) is 0 Å². The molecule has 0 aromatic heterocycles. The second kappa shape index (κ2) is 11.3. The summed E-state index contributed by atoms with van der Waals surface area (Å²) in [5.74, 6) is 0.228. The minimum Gasteiger partial charge on any atom is -0.343 e. The lowest BCUT2D eigenvalue weighted by molar-refractivity contribution is -0.144. The SMILES string of the molecule is CC[C@H](NC)C(=O)N[C@H](C(=O)N1CC[C@H]2CN(CCc3ccccc3)C(=O)[C@H]21)C1CCCCC1. The first kappa shape index (κ1) is 24.7. The molecule has 1 saturated carbocycles. The van der Waals surface area contributed by atoms with Crippen molar-refractivity contribution in [2.24, 2.45) is 11.8 Å². The van der Waals surface area contributed by atoms with Crippen molar-refractivity contribution in [3.05, 3.63) is 35.9 Å². The van der Waals surface area contributed by atoms with E-state index in [1.165, 1.54) is 12.0 Å². The van der Waals surface area contributed by atoms with Gasteiger partial charge in [-0.15, -0.1) is 0 Å². The molecule has 7 heteroatoms. The molecule has 3 amide bonds. The average molecular weight is 469 g/mol. The lowest BCUT2D eigenvalue weighted by atomic mass is 9.83. The predicted octanol–water partition coefficient (Wildman–Crippen LogP) is 2.35. The Labute approximate surface area is 203 Å². The van der Waals surface area contributed by atoms with E-state index in [0.29, 0.717) is 19.5 Å². The number of hydrogen-bond acceptors (Lipinski definition) is 4. The first-order chi connectivity index (χ1) is 16.5. The number of hydrogen-bond donors (Lipinski definition) is 2. The van der Waals surface area contributed by atoms with Crippen molar-refractivity contribution in [1.82, 2.24) is 20.4 Å². The van der Waals surface area contributed by atoms with Gasteiger partial charge in [-0.25, -0.2) is 0 Å². The maximum absolute atomic E-state index is 13.9. The van der Waals surface area contributed by atoms with Crippen LogP contribution in [0, 0.1) is 11.8 Å². The van der Waals surface area contributed by atoms with E-state index in [2.05, 4.69) is 22.8 Å². The van der Waals surface area contributed by atoms with E-state index in [4.69, 9.17) is 0 Å². The summed E-state index contributed by atoms with van der Waals surface area (Å²) in [6.45, 7) is 3.97. The molecule has 1 aromatic carbocycles. The van der Waals surface area contributed by atoms with Gasteiger partial charge >= 0.3 is 0 Å². The molecule has 2 aliphatic heterocycles. The number of nitrogens with zero attached hydrogens (tertiary/aromatic N) is 2. The van der Waals surface area contributed by atoms with Crippen molar-refractivity contribution in [3.63, 3.8) is 0 Å². The van der Waals surface area contributed by atoms with Crippen LogP contribution in [-0.4, -0.2) is 72.3 Å². The molecule has 4 atom stereocenters. The van der Waals surface area contributed by atoms with E-state index in [-0.39, 0.29) is 41.6 Å². The quantitative estimate of drug-likeness (QED) is 0.583. The molecule has 186 valence electrons. The number of carbonyl (C=O) groups is 3. The maximum atomic E-state index is 13.9. The van der Waals surface area contributed by atoms with E-state index in [1.807, 2.05) is 30.0 Å². The zero-order valence-corrected chi connectivity index (χ0v) is 20.7. The van der Waals surface area contributed by atoms with E-state index in [1.54, 1.807) is 11.9 Å². The fraction of sp³-hybridized carbons (Fsp3) is 0.667. The van der Waals surface area contributed by atoms with Gasteiger partial charge in [0.2, 0.25) is 17.7 Å². The van der Waals surface area contributed by atoms with E-state index in [9.17, 15) is 14.4 Å². The Balaban J connectivity index is 1.45. The number of nitrogens with one attached hydrogen (secondary N) is 2. The zero-order chi connectivity index (χ0) is 24.1. The number of rotatable bonds is 9. The van der Waals surface area contributed by atoms with Crippen LogP contribution in [0.25, 0.3) is 0 Å². The molecular weight excluding hydrogens is 428 g/mol. The summed E-state index contributed by atoms with van der Waals surface area (Å²) >= 11 is 0. The van der Waals surface area contributed by atoms with Gasteiger partial charge in [-0.1, -0.05) is 56.5 Å². The third-order valence-electron chi connectivity index (χ3n) is 8.10. The summed E-state index contributed by atoms with van der Waals surface area (Å²) in [7, 11) is 1.78. The first-order valence-corrected chi connectivity index (χ1v) is 13.1. The van der Waals surface area contributed by atoms with Crippen LogP contribution in [0.15, 0.2) is 30.3 Å². The summed E-state index contributed by atoms with van der Waals surface area (Å²) in [6.07, 6.45) is 7.60. The lowest BCUT2D eigenvalue weighted by Gasteiger charge is -2.35. The number of fused-ring (bicyclic) bond motifs is 1. The summed E-state index contributed by atoms with van der Waals surface area (Å²) in [6, 6.07) is 8.98. The first-order valence-electron chi connectivity index (χ1n) is 13.1. The Hall–Kier alpha value is -2.41. The highest BCUT2D eigenvalue weighted by Crippen LogP contribution is 2.35. The van der Waals surface area contributed by atoms with Gasteiger partial charge in [-0.05, 0) is 50.6 Å². The monoisotopic (exact) mass is 468 g/mol. The summed E-state index contributed by atoms with van der Waals surface area (Å²) in [4.78, 5) is 43.9. The van der Waals surface area contributed by atoms with Gasteiger partial charge < -0.3 is 20.4 Å². The van der Waals surface area contributed by atoms with Crippen LogP contribution < -0.4 is 10.6 Å². The fourth-order valence-corrected chi connectivity index (χ4v) is 6.10. The molecule has 3 fully saturated rings. The molecule has 3 aliphatic rings. The number of likely N-dealkylation sites (tertiary alicyclic amines) is 2. The van der Waals surface area contributed by atoms with Gasteiger partial charge in [-0.3, -0.25) is 14.4 Å². The summed E-state index contributed by atoms with van der Waals surface area (Å²) in [5, 5.41) is 6.15. The topological polar surface area (TPSA) is 81.8 Å². The van der Waals surface area contributed by atoms with E-state index < -0.39 is 6.04 Å².